The Balaban J connectivity index is 2.57. The first-order chi connectivity index (χ1) is 3.21. The second-order valence-corrected chi connectivity index (χ2v) is 1.60. The maximum atomic E-state index is 10.5. The highest BCUT2D eigenvalue weighted by atomic mass is 16.6. The minimum atomic E-state index is -0.792. The Labute approximate surface area is 41.4 Å². The third kappa shape index (κ3) is 0.957. The maximum absolute atomic E-state index is 10.5. The fraction of sp³-hybridized carbons (Fsp3) is 0.667. The lowest BCUT2D eigenvalue weighted by molar-refractivity contribution is -0.787. The molecule has 1 atom stereocenters. The van der Waals surface area contributed by atoms with E-state index in [1.54, 1.807) is 0 Å². The topological polar surface area (TPSA) is 61.4 Å². The summed E-state index contributed by atoms with van der Waals surface area (Å²) in [5, 5.41) is 10.5. The smallest absolute Gasteiger partial charge is 0.205 e. The number of hydrogen-bond donors (Lipinski definition) is 1. The Morgan fingerprint density at radius 3 is 2.71 bits per heavy atom. The molecule has 0 spiro atoms. The number of hydrogen-bond acceptors (Lipinski definition) is 3. The van der Waals surface area contributed by atoms with Gasteiger partial charge in [-0.15, -0.1) is 0 Å². The van der Waals surface area contributed by atoms with Crippen LogP contribution in [-0.2, 0) is 0 Å². The van der Waals surface area contributed by atoms with Crippen LogP contribution in [0, 0.1) is 5.21 Å². The van der Waals surface area contributed by atoms with Crippen molar-refractivity contribution < 1.29 is 4.76 Å². The number of rotatable bonds is 0. The summed E-state index contributed by atoms with van der Waals surface area (Å²) in [5.41, 5.74) is 0. The maximum Gasteiger partial charge on any atom is 0.205 e. The molecule has 0 aliphatic carbocycles. The first-order valence-corrected chi connectivity index (χ1v) is 2.09. The number of hydroxylamine groups is 2. The van der Waals surface area contributed by atoms with E-state index < -0.39 is 4.76 Å². The molecule has 1 unspecified atom stereocenters. The van der Waals surface area contributed by atoms with Gasteiger partial charge in [0.1, 0.15) is 6.54 Å². The zero-order valence-corrected chi connectivity index (χ0v) is 3.87. The zero-order chi connectivity index (χ0) is 5.33. The Bertz CT molecular complexity index is 98.4. The van der Waals surface area contributed by atoms with Crippen molar-refractivity contribution in [3.63, 3.8) is 0 Å². The average Bonchev–Trinajstić information content (AvgIpc) is 1.84. The fourth-order valence-corrected chi connectivity index (χ4v) is 0.468. The van der Waals surface area contributed by atoms with E-state index in [9.17, 15) is 5.21 Å². The van der Waals surface area contributed by atoms with Crippen LogP contribution in [0.1, 0.15) is 0 Å². The fourth-order valence-electron chi connectivity index (χ4n) is 0.468. The van der Waals surface area contributed by atoms with Gasteiger partial charge in [-0.3, -0.25) is 0 Å². The molecule has 0 aromatic carbocycles. The van der Waals surface area contributed by atoms with Crippen molar-refractivity contribution in [3.8, 4) is 0 Å². The van der Waals surface area contributed by atoms with E-state index in [1.165, 1.54) is 6.34 Å². The van der Waals surface area contributed by atoms with E-state index >= 15 is 0 Å². The summed E-state index contributed by atoms with van der Waals surface area (Å²) in [4.78, 5) is 3.65. The highest BCUT2D eigenvalue weighted by Crippen LogP contribution is 1.95. The predicted molar refractivity (Wildman–Crippen MR) is 26.0 cm³/mol. The third-order valence-corrected chi connectivity index (χ3v) is 0.856. The standard InChI is InChI=1S/C3H7N3O/c4-6(7)2-1-5-3-6/h3H,1-2,4H2. The van der Waals surface area contributed by atoms with Gasteiger partial charge in [0, 0.05) is 0 Å². The van der Waals surface area contributed by atoms with Gasteiger partial charge in [-0.2, -0.15) is 5.84 Å². The van der Waals surface area contributed by atoms with Gasteiger partial charge in [0.15, 0.2) is 0 Å². The number of nitrogens with two attached hydrogens (primary N) is 1. The van der Waals surface area contributed by atoms with Gasteiger partial charge < -0.3 is 5.21 Å². The Morgan fingerprint density at radius 1 is 1.86 bits per heavy atom. The first-order valence-electron chi connectivity index (χ1n) is 2.09. The lowest BCUT2D eigenvalue weighted by Gasteiger charge is -2.25. The Hall–Kier alpha value is -0.450. The van der Waals surface area contributed by atoms with E-state index in [0.717, 1.165) is 0 Å². The highest BCUT2D eigenvalue weighted by molar-refractivity contribution is 5.47. The highest BCUT2D eigenvalue weighted by Gasteiger charge is 2.11. The SMILES string of the molecule is N[N+]1([O-])C=NCC1. The molecule has 4 nitrogen and oxygen atoms in total. The van der Waals surface area contributed by atoms with Crippen molar-refractivity contribution in [2.75, 3.05) is 13.1 Å². The van der Waals surface area contributed by atoms with Gasteiger partial charge in [0.2, 0.25) is 6.34 Å². The molecule has 40 valence electrons. The molecule has 0 saturated carbocycles. The van der Waals surface area contributed by atoms with Crippen LogP contribution in [0.2, 0.25) is 0 Å². The molecule has 0 fully saturated rings. The van der Waals surface area contributed by atoms with Crippen molar-refractivity contribution in [1.29, 1.82) is 0 Å². The molecule has 1 aliphatic rings. The molecule has 1 heterocycles. The quantitative estimate of drug-likeness (QED) is 0.247. The number of aliphatic imine (C=N–C) groups is 1. The van der Waals surface area contributed by atoms with Crippen LogP contribution in [0.25, 0.3) is 0 Å². The van der Waals surface area contributed by atoms with Gasteiger partial charge in [0.05, 0.1) is 6.54 Å². The predicted octanol–water partition coefficient (Wildman–Crippen LogP) is -0.783. The Kier molecular flexibility index (Phi) is 0.846. The normalized spacial score (nSPS) is 39.7. The number of quaternary nitrogens is 1. The molecular weight excluding hydrogens is 94.1 g/mol. The van der Waals surface area contributed by atoms with Crippen molar-refractivity contribution >= 4 is 6.34 Å². The first kappa shape index (κ1) is 4.70. The van der Waals surface area contributed by atoms with Crippen molar-refractivity contribution in [2.45, 2.75) is 0 Å². The molecule has 4 heteroatoms. The van der Waals surface area contributed by atoms with E-state index in [4.69, 9.17) is 5.84 Å². The lowest BCUT2D eigenvalue weighted by Crippen LogP contribution is -2.45. The largest absolute Gasteiger partial charge is 0.606 e. The molecule has 7 heavy (non-hydrogen) atoms. The molecular formula is C3H7N3O. The summed E-state index contributed by atoms with van der Waals surface area (Å²) in [6.45, 7) is 0.958. The van der Waals surface area contributed by atoms with E-state index in [2.05, 4.69) is 4.99 Å². The van der Waals surface area contributed by atoms with Crippen molar-refractivity contribution in [1.82, 2.24) is 0 Å². The van der Waals surface area contributed by atoms with Gasteiger partial charge in [-0.05, 0) is 0 Å². The summed E-state index contributed by atoms with van der Waals surface area (Å²) in [6, 6.07) is 0. The minimum Gasteiger partial charge on any atom is -0.606 e. The van der Waals surface area contributed by atoms with Crippen molar-refractivity contribution in [3.05, 3.63) is 5.21 Å². The van der Waals surface area contributed by atoms with Gasteiger partial charge in [-0.25, -0.2) is 9.75 Å². The van der Waals surface area contributed by atoms with Gasteiger partial charge in [-0.1, -0.05) is 0 Å². The molecule has 0 saturated heterocycles. The number of nitrogens with zero attached hydrogens (tertiary/aromatic N) is 2. The molecule has 2 N–H and O–H groups in total. The van der Waals surface area contributed by atoms with Crippen LogP contribution in [0.5, 0.6) is 0 Å². The summed E-state index contributed by atoms with van der Waals surface area (Å²) in [7, 11) is 0. The zero-order valence-electron chi connectivity index (χ0n) is 3.87. The van der Waals surface area contributed by atoms with Gasteiger partial charge >= 0.3 is 0 Å². The molecule has 0 aromatic rings. The summed E-state index contributed by atoms with van der Waals surface area (Å²) in [6.07, 6.45) is 1.21. The summed E-state index contributed by atoms with van der Waals surface area (Å²) < 4.78 is -0.792. The third-order valence-electron chi connectivity index (χ3n) is 0.856. The summed E-state index contributed by atoms with van der Waals surface area (Å²) >= 11 is 0. The molecule has 0 aromatic heterocycles. The monoisotopic (exact) mass is 101 g/mol. The Morgan fingerprint density at radius 2 is 2.57 bits per heavy atom. The summed E-state index contributed by atoms with van der Waals surface area (Å²) in [5.74, 6) is 5.01. The van der Waals surface area contributed by atoms with E-state index in [0.29, 0.717) is 13.1 Å². The van der Waals surface area contributed by atoms with Gasteiger partial charge in [0.25, 0.3) is 0 Å². The van der Waals surface area contributed by atoms with Crippen LogP contribution >= 0.6 is 0 Å². The van der Waals surface area contributed by atoms with Crippen LogP contribution in [0.15, 0.2) is 4.99 Å². The van der Waals surface area contributed by atoms with Crippen LogP contribution < -0.4 is 5.84 Å². The van der Waals surface area contributed by atoms with E-state index in [-0.39, 0.29) is 0 Å². The van der Waals surface area contributed by atoms with Crippen LogP contribution in [0.4, 0.5) is 0 Å². The molecule has 0 bridgehead atoms. The van der Waals surface area contributed by atoms with Crippen LogP contribution in [0.3, 0.4) is 0 Å². The minimum absolute atomic E-state index is 0.389. The second kappa shape index (κ2) is 1.26. The molecule has 0 amide bonds. The molecule has 1 rings (SSSR count). The lowest BCUT2D eigenvalue weighted by atomic mass is 10.7. The average molecular weight is 101 g/mol. The van der Waals surface area contributed by atoms with E-state index in [1.807, 2.05) is 0 Å². The van der Waals surface area contributed by atoms with Crippen molar-refractivity contribution in [2.24, 2.45) is 10.8 Å². The molecule has 1 aliphatic heterocycles. The molecule has 0 radical (unpaired) electrons. The van der Waals surface area contributed by atoms with Crippen LogP contribution in [-0.4, -0.2) is 24.2 Å². The second-order valence-electron chi connectivity index (χ2n) is 1.60.